The number of para-hydroxylation sites is 2. The maximum Gasteiger partial charge on any atom is 0.136 e. The highest BCUT2D eigenvalue weighted by Gasteiger charge is 2.27. The van der Waals surface area contributed by atoms with Crippen molar-refractivity contribution in [3.63, 3.8) is 0 Å². The third-order valence-electron chi connectivity index (χ3n) is 2.85. The molecule has 0 saturated heterocycles. The van der Waals surface area contributed by atoms with E-state index in [0.29, 0.717) is 12.6 Å². The summed E-state index contributed by atoms with van der Waals surface area (Å²) in [4.78, 5) is 4.60. The van der Waals surface area contributed by atoms with Crippen molar-refractivity contribution in [2.24, 2.45) is 0 Å². The molecule has 0 N–H and O–H groups in total. The molecule has 1 aromatic carbocycles. The molecule has 78 valence electrons. The third-order valence-corrected chi connectivity index (χ3v) is 2.85. The second kappa shape index (κ2) is 3.35. The minimum absolute atomic E-state index is 0.602. The zero-order valence-corrected chi connectivity index (χ0v) is 8.81. The first-order valence-electron chi connectivity index (χ1n) is 5.35. The van der Waals surface area contributed by atoms with E-state index in [-0.39, 0.29) is 0 Å². The molecule has 1 aromatic heterocycles. The average molecular weight is 202 g/mol. The first-order valence-corrected chi connectivity index (χ1v) is 5.35. The Morgan fingerprint density at radius 2 is 2.20 bits per heavy atom. The topological polar surface area (TPSA) is 27.1 Å². The van der Waals surface area contributed by atoms with Gasteiger partial charge >= 0.3 is 0 Å². The fourth-order valence-electron chi connectivity index (χ4n) is 2.07. The van der Waals surface area contributed by atoms with E-state index in [4.69, 9.17) is 4.74 Å². The van der Waals surface area contributed by atoms with Crippen molar-refractivity contribution in [3.05, 3.63) is 30.1 Å². The highest BCUT2D eigenvalue weighted by molar-refractivity contribution is 5.76. The van der Waals surface area contributed by atoms with Gasteiger partial charge in [-0.05, 0) is 25.0 Å². The van der Waals surface area contributed by atoms with Crippen molar-refractivity contribution in [3.8, 4) is 0 Å². The molecule has 0 amide bonds. The Labute approximate surface area is 88.7 Å². The molecule has 0 spiro atoms. The molecule has 2 aromatic rings. The first-order chi connectivity index (χ1) is 7.40. The summed E-state index contributed by atoms with van der Waals surface area (Å²) < 4.78 is 7.52. The molecule has 1 fully saturated rings. The lowest BCUT2D eigenvalue weighted by molar-refractivity contribution is 0.174. The highest BCUT2D eigenvalue weighted by Crippen LogP contribution is 2.38. The summed E-state index contributed by atoms with van der Waals surface area (Å²) in [6, 6.07) is 8.96. The predicted molar refractivity (Wildman–Crippen MR) is 58.7 cm³/mol. The molecule has 1 heterocycles. The van der Waals surface area contributed by atoms with Crippen molar-refractivity contribution < 1.29 is 4.74 Å². The predicted octanol–water partition coefficient (Wildman–Crippen LogP) is 2.52. The second-order valence-electron chi connectivity index (χ2n) is 4.05. The van der Waals surface area contributed by atoms with Crippen molar-refractivity contribution in [1.82, 2.24) is 9.55 Å². The molecular formula is C12H14N2O. The largest absolute Gasteiger partial charge is 0.377 e. The Balaban J connectivity index is 2.19. The molecule has 1 aliphatic carbocycles. The fraction of sp³-hybridized carbons (Fsp3) is 0.417. The van der Waals surface area contributed by atoms with Crippen LogP contribution in [0.5, 0.6) is 0 Å². The maximum atomic E-state index is 5.19. The lowest BCUT2D eigenvalue weighted by Crippen LogP contribution is -2.02. The van der Waals surface area contributed by atoms with Gasteiger partial charge in [0, 0.05) is 13.2 Å². The zero-order chi connectivity index (χ0) is 10.3. The molecule has 15 heavy (non-hydrogen) atoms. The number of benzene rings is 1. The summed E-state index contributed by atoms with van der Waals surface area (Å²) in [7, 11) is 1.72. The highest BCUT2D eigenvalue weighted by atomic mass is 16.5. The Morgan fingerprint density at radius 1 is 1.40 bits per heavy atom. The lowest BCUT2D eigenvalue weighted by Gasteiger charge is -2.05. The van der Waals surface area contributed by atoms with Crippen LogP contribution in [0.1, 0.15) is 24.7 Å². The van der Waals surface area contributed by atoms with E-state index in [2.05, 4.69) is 27.8 Å². The Hall–Kier alpha value is -1.35. The Morgan fingerprint density at radius 3 is 2.93 bits per heavy atom. The van der Waals surface area contributed by atoms with Gasteiger partial charge in [-0.15, -0.1) is 0 Å². The number of hydrogen-bond acceptors (Lipinski definition) is 2. The van der Waals surface area contributed by atoms with E-state index in [9.17, 15) is 0 Å². The summed E-state index contributed by atoms with van der Waals surface area (Å²) in [5, 5.41) is 0. The number of nitrogens with zero attached hydrogens (tertiary/aromatic N) is 2. The zero-order valence-electron chi connectivity index (χ0n) is 8.81. The molecule has 3 rings (SSSR count). The molecule has 3 nitrogen and oxygen atoms in total. The van der Waals surface area contributed by atoms with E-state index in [1.165, 1.54) is 18.4 Å². The molecule has 1 aliphatic rings. The molecule has 1 saturated carbocycles. The van der Waals surface area contributed by atoms with E-state index in [0.717, 1.165) is 11.3 Å². The summed E-state index contributed by atoms with van der Waals surface area (Å²) in [5.74, 6) is 1.06. The molecule has 0 bridgehead atoms. The molecule has 0 atom stereocenters. The summed E-state index contributed by atoms with van der Waals surface area (Å²) >= 11 is 0. The summed E-state index contributed by atoms with van der Waals surface area (Å²) in [6.07, 6.45) is 2.55. The van der Waals surface area contributed by atoms with Gasteiger partial charge < -0.3 is 9.30 Å². The molecule has 0 aliphatic heterocycles. The quantitative estimate of drug-likeness (QED) is 0.764. The molecule has 3 heteroatoms. The standard InChI is InChI=1S/C12H14N2O/c1-15-8-12-13-10-4-2-3-5-11(10)14(12)9-6-7-9/h2-5,9H,6-8H2,1H3. The van der Waals surface area contributed by atoms with Gasteiger partial charge in [0.2, 0.25) is 0 Å². The van der Waals surface area contributed by atoms with Gasteiger partial charge in [0.05, 0.1) is 11.0 Å². The summed E-state index contributed by atoms with van der Waals surface area (Å²) in [5.41, 5.74) is 2.32. The van der Waals surface area contributed by atoms with Gasteiger partial charge in [0.1, 0.15) is 12.4 Å². The SMILES string of the molecule is COCc1nc2ccccc2n1C1CC1. The van der Waals surface area contributed by atoms with Gasteiger partial charge in [-0.25, -0.2) is 4.98 Å². The third kappa shape index (κ3) is 1.43. The number of rotatable bonds is 3. The molecule has 0 unspecified atom stereocenters. The van der Waals surface area contributed by atoms with Gasteiger partial charge in [-0.3, -0.25) is 0 Å². The van der Waals surface area contributed by atoms with Crippen LogP contribution in [-0.2, 0) is 11.3 Å². The monoisotopic (exact) mass is 202 g/mol. The number of ether oxygens (including phenoxy) is 1. The van der Waals surface area contributed by atoms with E-state index in [1.807, 2.05) is 6.07 Å². The number of hydrogen-bond donors (Lipinski definition) is 0. The van der Waals surface area contributed by atoms with Crippen molar-refractivity contribution in [2.45, 2.75) is 25.5 Å². The van der Waals surface area contributed by atoms with Crippen LogP contribution in [0.4, 0.5) is 0 Å². The lowest BCUT2D eigenvalue weighted by atomic mass is 10.3. The first kappa shape index (κ1) is 8.92. The molecule has 0 radical (unpaired) electrons. The van der Waals surface area contributed by atoms with Gasteiger partial charge in [-0.2, -0.15) is 0 Å². The van der Waals surface area contributed by atoms with Crippen LogP contribution >= 0.6 is 0 Å². The number of imidazole rings is 1. The van der Waals surface area contributed by atoms with Crippen LogP contribution in [0.15, 0.2) is 24.3 Å². The average Bonchev–Trinajstić information content (AvgIpc) is 3.01. The maximum absolute atomic E-state index is 5.19. The van der Waals surface area contributed by atoms with E-state index >= 15 is 0 Å². The van der Waals surface area contributed by atoms with Crippen LogP contribution in [0.25, 0.3) is 11.0 Å². The van der Waals surface area contributed by atoms with Crippen LogP contribution in [0.2, 0.25) is 0 Å². The van der Waals surface area contributed by atoms with E-state index in [1.54, 1.807) is 7.11 Å². The van der Waals surface area contributed by atoms with Gasteiger partial charge in [0.15, 0.2) is 0 Å². The molecular weight excluding hydrogens is 188 g/mol. The normalized spacial score (nSPS) is 16.1. The van der Waals surface area contributed by atoms with Crippen molar-refractivity contribution >= 4 is 11.0 Å². The van der Waals surface area contributed by atoms with Crippen LogP contribution < -0.4 is 0 Å². The number of fused-ring (bicyclic) bond motifs is 1. The fourth-order valence-corrected chi connectivity index (χ4v) is 2.07. The van der Waals surface area contributed by atoms with Crippen molar-refractivity contribution in [2.75, 3.05) is 7.11 Å². The summed E-state index contributed by atoms with van der Waals surface area (Å²) in [6.45, 7) is 0.602. The van der Waals surface area contributed by atoms with Gasteiger partial charge in [-0.1, -0.05) is 12.1 Å². The number of methoxy groups -OCH3 is 1. The van der Waals surface area contributed by atoms with Crippen LogP contribution in [0, 0.1) is 0 Å². The van der Waals surface area contributed by atoms with Crippen LogP contribution in [0.3, 0.4) is 0 Å². The Kier molecular flexibility index (Phi) is 1.99. The Bertz CT molecular complexity index is 485. The van der Waals surface area contributed by atoms with E-state index < -0.39 is 0 Å². The smallest absolute Gasteiger partial charge is 0.136 e. The van der Waals surface area contributed by atoms with Crippen LogP contribution in [-0.4, -0.2) is 16.7 Å². The van der Waals surface area contributed by atoms with Gasteiger partial charge in [0.25, 0.3) is 0 Å². The minimum Gasteiger partial charge on any atom is -0.377 e. The second-order valence-corrected chi connectivity index (χ2v) is 4.05. The minimum atomic E-state index is 0.602. The van der Waals surface area contributed by atoms with Crippen molar-refractivity contribution in [1.29, 1.82) is 0 Å². The number of aromatic nitrogens is 2.